The number of rotatable bonds is 3. The molecule has 1 unspecified atom stereocenters. The summed E-state index contributed by atoms with van der Waals surface area (Å²) in [7, 11) is 1.45. The van der Waals surface area contributed by atoms with Gasteiger partial charge in [0.2, 0.25) is 11.8 Å². The molecule has 0 bridgehead atoms. The third-order valence-corrected chi connectivity index (χ3v) is 3.38. The molecule has 104 valence electrons. The number of hydrogen-bond donors (Lipinski definition) is 1. The second-order valence-corrected chi connectivity index (χ2v) is 4.68. The molecule has 0 aromatic heterocycles. The van der Waals surface area contributed by atoms with Crippen molar-refractivity contribution >= 4 is 11.8 Å². The fraction of sp³-hybridized carbons (Fsp3) is 0.357. The van der Waals surface area contributed by atoms with Crippen LogP contribution in [0.4, 0.5) is 4.39 Å². The van der Waals surface area contributed by atoms with Gasteiger partial charge in [-0.15, -0.1) is 0 Å². The molecule has 6 heteroatoms. The third kappa shape index (κ3) is 2.83. The predicted octanol–water partition coefficient (Wildman–Crippen LogP) is 0.934. The molecule has 1 fully saturated rings. The molecular formula is C14H14FN3O2. The topological polar surface area (TPSA) is 73.2 Å². The average molecular weight is 275 g/mol. The van der Waals surface area contributed by atoms with Crippen LogP contribution in [0.2, 0.25) is 0 Å². The van der Waals surface area contributed by atoms with Crippen LogP contribution in [0.25, 0.3) is 0 Å². The lowest BCUT2D eigenvalue weighted by molar-refractivity contribution is -0.148. The van der Waals surface area contributed by atoms with Crippen molar-refractivity contribution in [1.29, 1.82) is 5.26 Å². The van der Waals surface area contributed by atoms with Crippen molar-refractivity contribution in [1.82, 2.24) is 10.2 Å². The molecule has 20 heavy (non-hydrogen) atoms. The lowest BCUT2D eigenvalue weighted by atomic mass is 10.0. The van der Waals surface area contributed by atoms with Gasteiger partial charge in [-0.05, 0) is 30.2 Å². The number of nitrogens with one attached hydrogen (secondary N) is 1. The van der Waals surface area contributed by atoms with Crippen molar-refractivity contribution in [2.45, 2.75) is 25.4 Å². The van der Waals surface area contributed by atoms with Gasteiger partial charge < -0.3 is 5.32 Å². The first-order valence-electron chi connectivity index (χ1n) is 6.25. The fourth-order valence-electron chi connectivity index (χ4n) is 2.16. The summed E-state index contributed by atoms with van der Waals surface area (Å²) in [5, 5.41) is 11.9. The molecule has 1 heterocycles. The monoisotopic (exact) mass is 275 g/mol. The molecule has 0 saturated carbocycles. The summed E-state index contributed by atoms with van der Waals surface area (Å²) < 4.78 is 13.2. The highest BCUT2D eigenvalue weighted by molar-refractivity contribution is 6.00. The standard InChI is InChI=1S/C14H14FN3O2/c1-18-13(19)5-4-12(14(18)20)17-8-10-6-11(15)3-2-9(10)7-16/h2-3,6,12,17H,4-5,8H2,1H3. The number of likely N-dealkylation sites (tertiary alicyclic amines) is 1. The number of carbonyl (C=O) groups is 2. The van der Waals surface area contributed by atoms with Gasteiger partial charge in [0.1, 0.15) is 5.82 Å². The molecular weight excluding hydrogens is 261 g/mol. The first kappa shape index (κ1) is 14.2. The van der Waals surface area contributed by atoms with Gasteiger partial charge >= 0.3 is 0 Å². The van der Waals surface area contributed by atoms with Crippen molar-refractivity contribution in [3.63, 3.8) is 0 Å². The Morgan fingerprint density at radius 2 is 2.25 bits per heavy atom. The second kappa shape index (κ2) is 5.80. The molecule has 1 aliphatic heterocycles. The van der Waals surface area contributed by atoms with Crippen LogP contribution in [0.15, 0.2) is 18.2 Å². The van der Waals surface area contributed by atoms with E-state index in [2.05, 4.69) is 5.32 Å². The maximum absolute atomic E-state index is 13.2. The average Bonchev–Trinajstić information content (AvgIpc) is 2.44. The highest BCUT2D eigenvalue weighted by Crippen LogP contribution is 2.14. The normalized spacial score (nSPS) is 19.1. The van der Waals surface area contributed by atoms with Gasteiger partial charge in [-0.1, -0.05) is 0 Å². The summed E-state index contributed by atoms with van der Waals surface area (Å²) in [5.74, 6) is -0.921. The van der Waals surface area contributed by atoms with Gasteiger partial charge in [0.05, 0.1) is 17.7 Å². The molecule has 2 rings (SSSR count). The molecule has 1 atom stereocenters. The van der Waals surface area contributed by atoms with Crippen LogP contribution in [0.3, 0.4) is 0 Å². The first-order valence-corrected chi connectivity index (χ1v) is 6.25. The Labute approximate surface area is 116 Å². The SMILES string of the molecule is CN1C(=O)CCC(NCc2cc(F)ccc2C#N)C1=O. The Morgan fingerprint density at radius 1 is 1.50 bits per heavy atom. The Kier molecular flexibility index (Phi) is 4.11. The van der Waals surface area contributed by atoms with E-state index in [1.165, 1.54) is 25.2 Å². The Balaban J connectivity index is 2.06. The minimum absolute atomic E-state index is 0.198. The van der Waals surface area contributed by atoms with Crippen LogP contribution in [0.1, 0.15) is 24.0 Å². The van der Waals surface area contributed by atoms with Crippen molar-refractivity contribution < 1.29 is 14.0 Å². The third-order valence-electron chi connectivity index (χ3n) is 3.38. The van der Waals surface area contributed by atoms with E-state index in [0.717, 1.165) is 4.90 Å². The van der Waals surface area contributed by atoms with Crippen LogP contribution in [0, 0.1) is 17.1 Å². The number of amides is 2. The number of nitrogens with zero attached hydrogens (tertiary/aromatic N) is 2. The maximum atomic E-state index is 13.2. The van der Waals surface area contributed by atoms with Crippen molar-refractivity contribution in [2.75, 3.05) is 7.05 Å². The van der Waals surface area contributed by atoms with Crippen molar-refractivity contribution in [3.8, 4) is 6.07 Å². The van der Waals surface area contributed by atoms with E-state index in [1.807, 2.05) is 6.07 Å². The summed E-state index contributed by atoms with van der Waals surface area (Å²) in [4.78, 5) is 24.3. The van der Waals surface area contributed by atoms with Crippen molar-refractivity contribution in [3.05, 3.63) is 35.1 Å². The Morgan fingerprint density at radius 3 is 2.95 bits per heavy atom. The molecule has 5 nitrogen and oxygen atoms in total. The fourth-order valence-corrected chi connectivity index (χ4v) is 2.16. The summed E-state index contributed by atoms with van der Waals surface area (Å²) in [6.45, 7) is 0.207. The Hall–Kier alpha value is -2.26. The molecule has 1 aliphatic rings. The summed E-state index contributed by atoms with van der Waals surface area (Å²) in [5.41, 5.74) is 0.867. The lowest BCUT2D eigenvalue weighted by Gasteiger charge is -2.28. The zero-order chi connectivity index (χ0) is 14.7. The number of benzene rings is 1. The van der Waals surface area contributed by atoms with Gasteiger partial charge in [0, 0.05) is 20.0 Å². The molecule has 0 aliphatic carbocycles. The van der Waals surface area contributed by atoms with Crippen molar-refractivity contribution in [2.24, 2.45) is 0 Å². The van der Waals surface area contributed by atoms with E-state index >= 15 is 0 Å². The minimum atomic E-state index is -0.479. The summed E-state index contributed by atoms with van der Waals surface area (Å²) >= 11 is 0. The predicted molar refractivity (Wildman–Crippen MR) is 68.8 cm³/mol. The Bertz CT molecular complexity index is 595. The molecule has 0 radical (unpaired) electrons. The van der Waals surface area contributed by atoms with E-state index in [0.29, 0.717) is 24.0 Å². The van der Waals surface area contributed by atoms with E-state index < -0.39 is 11.9 Å². The van der Waals surface area contributed by atoms with Crippen LogP contribution in [0.5, 0.6) is 0 Å². The van der Waals surface area contributed by atoms with E-state index in [4.69, 9.17) is 5.26 Å². The lowest BCUT2D eigenvalue weighted by Crippen LogP contribution is -2.51. The van der Waals surface area contributed by atoms with E-state index in [1.54, 1.807) is 0 Å². The smallest absolute Gasteiger partial charge is 0.246 e. The van der Waals surface area contributed by atoms with Gasteiger partial charge in [-0.25, -0.2) is 4.39 Å². The zero-order valence-corrected chi connectivity index (χ0v) is 11.0. The largest absolute Gasteiger partial charge is 0.302 e. The van der Waals surface area contributed by atoms with Gasteiger partial charge in [0.25, 0.3) is 0 Å². The highest BCUT2D eigenvalue weighted by atomic mass is 19.1. The number of hydrogen-bond acceptors (Lipinski definition) is 4. The minimum Gasteiger partial charge on any atom is -0.302 e. The van der Waals surface area contributed by atoms with Crippen LogP contribution in [-0.4, -0.2) is 29.8 Å². The van der Waals surface area contributed by atoms with Gasteiger partial charge in [-0.3, -0.25) is 14.5 Å². The molecule has 1 aromatic rings. The number of carbonyl (C=O) groups excluding carboxylic acids is 2. The second-order valence-electron chi connectivity index (χ2n) is 4.68. The molecule has 0 spiro atoms. The molecule has 1 saturated heterocycles. The number of halogens is 1. The van der Waals surface area contributed by atoms with Crippen LogP contribution in [-0.2, 0) is 16.1 Å². The van der Waals surface area contributed by atoms with E-state index in [-0.39, 0.29) is 18.4 Å². The number of imide groups is 1. The summed E-state index contributed by atoms with van der Waals surface area (Å²) in [6.07, 6.45) is 0.716. The quantitative estimate of drug-likeness (QED) is 0.833. The maximum Gasteiger partial charge on any atom is 0.246 e. The molecule has 1 N–H and O–H groups in total. The highest BCUT2D eigenvalue weighted by Gasteiger charge is 2.31. The first-order chi connectivity index (χ1) is 9.52. The van der Waals surface area contributed by atoms with Crippen LogP contribution >= 0.6 is 0 Å². The summed E-state index contributed by atoms with van der Waals surface area (Å²) in [6, 6.07) is 5.40. The number of nitriles is 1. The molecule has 2 amide bonds. The number of likely N-dealkylation sites (N-methyl/N-ethyl adjacent to an activating group) is 1. The molecule has 1 aromatic carbocycles. The van der Waals surface area contributed by atoms with Gasteiger partial charge in [0.15, 0.2) is 0 Å². The van der Waals surface area contributed by atoms with Gasteiger partial charge in [-0.2, -0.15) is 5.26 Å². The zero-order valence-electron chi connectivity index (χ0n) is 11.0. The van der Waals surface area contributed by atoms with E-state index in [9.17, 15) is 14.0 Å². The number of piperidine rings is 1. The van der Waals surface area contributed by atoms with Crippen LogP contribution < -0.4 is 5.32 Å².